The summed E-state index contributed by atoms with van der Waals surface area (Å²) in [5, 5.41) is 8.22. The van der Waals surface area contributed by atoms with Crippen LogP contribution in [0.25, 0.3) is 5.69 Å². The van der Waals surface area contributed by atoms with Crippen LogP contribution in [0.2, 0.25) is 0 Å². The molecule has 1 aliphatic rings. The summed E-state index contributed by atoms with van der Waals surface area (Å²) in [5.74, 6) is 1.13. The van der Waals surface area contributed by atoms with Crippen LogP contribution < -0.4 is 5.32 Å². The first kappa shape index (κ1) is 13.6. The third-order valence-corrected chi connectivity index (χ3v) is 4.17. The number of hydrogen-bond donors (Lipinski definition) is 1. The number of aromatic nitrogens is 2. The van der Waals surface area contributed by atoms with Crippen molar-refractivity contribution in [3.8, 4) is 5.69 Å². The van der Waals surface area contributed by atoms with E-state index in [4.69, 9.17) is 9.84 Å². The van der Waals surface area contributed by atoms with Crippen molar-refractivity contribution in [3.05, 3.63) is 40.0 Å². The summed E-state index contributed by atoms with van der Waals surface area (Å²) in [6, 6.07) is 8.16. The lowest BCUT2D eigenvalue weighted by molar-refractivity contribution is 0.150. The number of fused-ring (bicyclic) bond motifs is 1. The molecule has 1 N–H and O–H groups in total. The fraction of sp³-hybridized carbons (Fsp3) is 0.400. The molecule has 2 aromatic rings. The molecule has 0 atom stereocenters. The highest BCUT2D eigenvalue weighted by Gasteiger charge is 2.23. The molecule has 4 nitrogen and oxygen atoms in total. The number of anilines is 1. The van der Waals surface area contributed by atoms with Gasteiger partial charge in [0.15, 0.2) is 0 Å². The topological polar surface area (TPSA) is 39.1 Å². The summed E-state index contributed by atoms with van der Waals surface area (Å²) in [6.07, 6.45) is 1.91. The van der Waals surface area contributed by atoms with Gasteiger partial charge in [-0.2, -0.15) is 5.10 Å². The zero-order chi connectivity index (χ0) is 13.9. The second-order valence-electron chi connectivity index (χ2n) is 4.76. The van der Waals surface area contributed by atoms with E-state index in [9.17, 15) is 0 Å². The molecule has 0 saturated carbocycles. The van der Waals surface area contributed by atoms with Crippen LogP contribution in [-0.4, -0.2) is 29.5 Å². The van der Waals surface area contributed by atoms with Crippen molar-refractivity contribution in [1.82, 2.24) is 9.78 Å². The maximum Gasteiger partial charge on any atom is 0.133 e. The number of halogens is 1. The molecule has 0 saturated heterocycles. The van der Waals surface area contributed by atoms with Crippen LogP contribution in [0.5, 0.6) is 0 Å². The Labute approximate surface area is 127 Å². The lowest BCUT2D eigenvalue weighted by Crippen LogP contribution is -2.06. The molecule has 5 heteroatoms. The predicted molar refractivity (Wildman–Crippen MR) is 83.7 cm³/mol. The molecule has 0 radical (unpaired) electrons. The van der Waals surface area contributed by atoms with E-state index in [-0.39, 0.29) is 0 Å². The molecule has 3 rings (SSSR count). The minimum atomic E-state index is 0.732. The minimum absolute atomic E-state index is 0.732. The predicted octanol–water partition coefficient (Wildman–Crippen LogP) is 3.18. The number of ether oxygens (including phenoxy) is 1. The Kier molecular flexibility index (Phi) is 4.08. The highest BCUT2D eigenvalue weighted by atomic mass is 79.9. The Hall–Kier alpha value is -1.33. The Bertz CT molecular complexity index is 609. The summed E-state index contributed by atoms with van der Waals surface area (Å²) >= 11 is 3.60. The van der Waals surface area contributed by atoms with Gasteiger partial charge < -0.3 is 10.1 Å². The van der Waals surface area contributed by atoms with Crippen LogP contribution >= 0.6 is 15.9 Å². The summed E-state index contributed by atoms with van der Waals surface area (Å²) < 4.78 is 8.52. The third-order valence-electron chi connectivity index (χ3n) is 3.50. The van der Waals surface area contributed by atoms with Crippen molar-refractivity contribution in [2.24, 2.45) is 0 Å². The zero-order valence-corrected chi connectivity index (χ0v) is 13.1. The molecule has 2 heterocycles. The standard InChI is InChI=1S/C15H18BrN3O/c1-2-20-10-8-13-11-7-9-17-15(11)19(18-13)14-6-4-3-5-12(14)16/h3-6,17H,2,7-10H2,1H3. The molecule has 1 aliphatic heterocycles. The van der Waals surface area contributed by atoms with Crippen LogP contribution in [0.15, 0.2) is 28.7 Å². The molecule has 106 valence electrons. The van der Waals surface area contributed by atoms with Crippen LogP contribution in [0, 0.1) is 0 Å². The number of nitrogens with one attached hydrogen (secondary N) is 1. The highest BCUT2D eigenvalue weighted by Crippen LogP contribution is 2.31. The van der Waals surface area contributed by atoms with Gasteiger partial charge in [0, 0.05) is 29.6 Å². The van der Waals surface area contributed by atoms with E-state index in [1.165, 1.54) is 5.56 Å². The molecular formula is C15H18BrN3O. The van der Waals surface area contributed by atoms with E-state index in [1.54, 1.807) is 0 Å². The van der Waals surface area contributed by atoms with Crippen molar-refractivity contribution < 1.29 is 4.74 Å². The van der Waals surface area contributed by atoms with E-state index < -0.39 is 0 Å². The Morgan fingerprint density at radius 3 is 3.05 bits per heavy atom. The number of rotatable bonds is 5. The summed E-state index contributed by atoms with van der Waals surface area (Å²) in [7, 11) is 0. The molecule has 20 heavy (non-hydrogen) atoms. The van der Waals surface area contributed by atoms with E-state index in [0.717, 1.165) is 54.3 Å². The first-order valence-corrected chi connectivity index (χ1v) is 7.78. The van der Waals surface area contributed by atoms with Crippen LogP contribution in [0.3, 0.4) is 0 Å². The average molecular weight is 336 g/mol. The van der Waals surface area contributed by atoms with Gasteiger partial charge in [-0.1, -0.05) is 12.1 Å². The lowest BCUT2D eigenvalue weighted by atomic mass is 10.1. The number of para-hydroxylation sites is 1. The van der Waals surface area contributed by atoms with Gasteiger partial charge in [-0.3, -0.25) is 0 Å². The van der Waals surface area contributed by atoms with Gasteiger partial charge in [0.05, 0.1) is 18.0 Å². The Morgan fingerprint density at radius 2 is 2.25 bits per heavy atom. The van der Waals surface area contributed by atoms with Crippen molar-refractivity contribution in [1.29, 1.82) is 0 Å². The van der Waals surface area contributed by atoms with E-state index in [0.29, 0.717) is 0 Å². The molecule has 1 aromatic heterocycles. The van der Waals surface area contributed by atoms with Crippen molar-refractivity contribution in [3.63, 3.8) is 0 Å². The quantitative estimate of drug-likeness (QED) is 0.853. The van der Waals surface area contributed by atoms with Crippen molar-refractivity contribution in [2.45, 2.75) is 19.8 Å². The average Bonchev–Trinajstić information content (AvgIpc) is 3.03. The summed E-state index contributed by atoms with van der Waals surface area (Å²) in [4.78, 5) is 0. The lowest BCUT2D eigenvalue weighted by Gasteiger charge is -2.08. The van der Waals surface area contributed by atoms with Crippen molar-refractivity contribution in [2.75, 3.05) is 25.1 Å². The van der Waals surface area contributed by atoms with Crippen LogP contribution in [0.1, 0.15) is 18.2 Å². The van der Waals surface area contributed by atoms with Gasteiger partial charge in [0.2, 0.25) is 0 Å². The fourth-order valence-corrected chi connectivity index (χ4v) is 3.01. The summed E-state index contributed by atoms with van der Waals surface area (Å²) in [5.41, 5.74) is 3.55. The van der Waals surface area contributed by atoms with Crippen LogP contribution in [0.4, 0.5) is 5.82 Å². The highest BCUT2D eigenvalue weighted by molar-refractivity contribution is 9.10. The second kappa shape index (κ2) is 5.97. The molecule has 0 bridgehead atoms. The maximum atomic E-state index is 5.46. The zero-order valence-electron chi connectivity index (χ0n) is 11.5. The molecule has 0 fully saturated rings. The van der Waals surface area contributed by atoms with Gasteiger partial charge >= 0.3 is 0 Å². The first-order chi connectivity index (χ1) is 9.81. The molecule has 1 aromatic carbocycles. The summed E-state index contributed by atoms with van der Waals surface area (Å²) in [6.45, 7) is 4.49. The maximum absolute atomic E-state index is 5.46. The van der Waals surface area contributed by atoms with E-state index in [1.807, 2.05) is 29.8 Å². The van der Waals surface area contributed by atoms with Crippen molar-refractivity contribution >= 4 is 21.7 Å². The molecule has 0 aliphatic carbocycles. The van der Waals surface area contributed by atoms with Gasteiger partial charge in [-0.15, -0.1) is 0 Å². The molecule has 0 amide bonds. The minimum Gasteiger partial charge on any atom is -0.381 e. The fourth-order valence-electron chi connectivity index (χ4n) is 2.56. The van der Waals surface area contributed by atoms with Crippen LogP contribution in [-0.2, 0) is 17.6 Å². The Morgan fingerprint density at radius 1 is 1.40 bits per heavy atom. The SMILES string of the molecule is CCOCCc1nn(-c2ccccc2Br)c2c1CCN2. The van der Waals surface area contributed by atoms with Gasteiger partial charge in [0.25, 0.3) is 0 Å². The monoisotopic (exact) mass is 335 g/mol. The normalized spacial score (nSPS) is 13.3. The number of benzene rings is 1. The van der Waals surface area contributed by atoms with E-state index >= 15 is 0 Å². The number of hydrogen-bond acceptors (Lipinski definition) is 3. The molecular weight excluding hydrogens is 318 g/mol. The van der Waals surface area contributed by atoms with Gasteiger partial charge in [0.1, 0.15) is 5.82 Å². The first-order valence-electron chi connectivity index (χ1n) is 6.98. The Balaban J connectivity index is 1.96. The molecule has 0 spiro atoms. The van der Waals surface area contributed by atoms with Gasteiger partial charge in [-0.05, 0) is 41.4 Å². The second-order valence-corrected chi connectivity index (χ2v) is 5.62. The third kappa shape index (κ3) is 2.47. The largest absolute Gasteiger partial charge is 0.381 e. The van der Waals surface area contributed by atoms with E-state index in [2.05, 4.69) is 27.3 Å². The number of nitrogens with zero attached hydrogens (tertiary/aromatic N) is 2. The van der Waals surface area contributed by atoms with Gasteiger partial charge in [-0.25, -0.2) is 4.68 Å². The smallest absolute Gasteiger partial charge is 0.133 e. The molecule has 0 unspecified atom stereocenters.